The van der Waals surface area contributed by atoms with Crippen LogP contribution in [0.25, 0.3) is 0 Å². The second-order valence-corrected chi connectivity index (χ2v) is 7.40. The van der Waals surface area contributed by atoms with Crippen LogP contribution in [0.3, 0.4) is 0 Å². The molecule has 1 aromatic carbocycles. The average molecular weight is 404 g/mol. The van der Waals surface area contributed by atoms with Gasteiger partial charge < -0.3 is 20.1 Å². The molecule has 0 radical (unpaired) electrons. The topological polar surface area (TPSA) is 91.8 Å². The number of nitrogens with one attached hydrogen (secondary N) is 1. The molecule has 3 rings (SSSR count). The number of aryl methyl sites for hydroxylation is 1. The average Bonchev–Trinajstić information content (AvgIpc) is 2.61. The first kappa shape index (κ1) is 20.1. The predicted octanol–water partition coefficient (Wildman–Crippen LogP) is 3.61. The van der Waals surface area contributed by atoms with Gasteiger partial charge in [-0.15, -0.1) is 0 Å². The summed E-state index contributed by atoms with van der Waals surface area (Å²) in [6.07, 6.45) is 0. The van der Waals surface area contributed by atoms with Crippen molar-refractivity contribution in [1.82, 2.24) is 4.98 Å². The number of carbonyl (C=O) groups excluding carboxylic acids is 1. The third-order valence-corrected chi connectivity index (χ3v) is 4.87. The molecule has 0 saturated carbocycles. The molecule has 2 aromatic rings. The van der Waals surface area contributed by atoms with Crippen molar-refractivity contribution in [2.45, 2.75) is 32.9 Å². The van der Waals surface area contributed by atoms with Crippen LogP contribution in [0.15, 0.2) is 30.3 Å². The first-order valence-corrected chi connectivity index (χ1v) is 9.33. The van der Waals surface area contributed by atoms with Crippen LogP contribution in [0.1, 0.15) is 40.3 Å². The zero-order valence-electron chi connectivity index (χ0n) is 15.9. The zero-order valence-corrected chi connectivity index (χ0v) is 16.7. The van der Waals surface area contributed by atoms with Crippen molar-refractivity contribution in [2.75, 3.05) is 23.4 Å². The Balaban J connectivity index is 1.85. The fourth-order valence-electron chi connectivity index (χ4n) is 3.36. The molecular formula is C20H22ClN3O4. The van der Waals surface area contributed by atoms with E-state index in [-0.39, 0.29) is 23.3 Å². The molecule has 0 bridgehead atoms. The summed E-state index contributed by atoms with van der Waals surface area (Å²) in [5, 5.41) is 12.3. The van der Waals surface area contributed by atoms with E-state index in [1.165, 1.54) is 12.1 Å². The van der Waals surface area contributed by atoms with E-state index >= 15 is 0 Å². The third kappa shape index (κ3) is 4.26. The zero-order chi connectivity index (χ0) is 20.4. The Morgan fingerprint density at radius 1 is 1.21 bits per heavy atom. The Morgan fingerprint density at radius 2 is 1.89 bits per heavy atom. The number of hydrogen-bond acceptors (Lipinski definition) is 5. The van der Waals surface area contributed by atoms with Gasteiger partial charge in [-0.25, -0.2) is 9.78 Å². The molecule has 8 heteroatoms. The molecule has 2 atom stereocenters. The molecular weight excluding hydrogens is 382 g/mol. The van der Waals surface area contributed by atoms with Gasteiger partial charge in [0, 0.05) is 10.7 Å². The molecule has 1 aliphatic rings. The van der Waals surface area contributed by atoms with Crippen LogP contribution in [0.4, 0.5) is 11.5 Å². The molecule has 28 heavy (non-hydrogen) atoms. The minimum Gasteiger partial charge on any atom is -0.478 e. The summed E-state index contributed by atoms with van der Waals surface area (Å²) in [4.78, 5) is 30.4. The molecule has 1 aliphatic heterocycles. The van der Waals surface area contributed by atoms with Crippen molar-refractivity contribution in [1.29, 1.82) is 0 Å². The summed E-state index contributed by atoms with van der Waals surface area (Å²) in [6, 6.07) is 8.08. The number of halogens is 1. The van der Waals surface area contributed by atoms with Crippen LogP contribution in [0.5, 0.6) is 0 Å². The number of aromatic nitrogens is 1. The van der Waals surface area contributed by atoms with Crippen molar-refractivity contribution in [2.24, 2.45) is 0 Å². The van der Waals surface area contributed by atoms with Crippen molar-refractivity contribution < 1.29 is 19.4 Å². The molecule has 148 valence electrons. The highest BCUT2D eigenvalue weighted by atomic mass is 35.5. The van der Waals surface area contributed by atoms with Gasteiger partial charge in [-0.3, -0.25) is 4.79 Å². The molecule has 1 amide bonds. The van der Waals surface area contributed by atoms with E-state index in [0.717, 1.165) is 0 Å². The molecule has 0 aliphatic carbocycles. The predicted molar refractivity (Wildman–Crippen MR) is 108 cm³/mol. The number of amides is 1. The van der Waals surface area contributed by atoms with Gasteiger partial charge >= 0.3 is 5.97 Å². The van der Waals surface area contributed by atoms with Gasteiger partial charge in [0.25, 0.3) is 5.91 Å². The first-order valence-electron chi connectivity index (χ1n) is 8.95. The molecule has 2 heterocycles. The smallest absolute Gasteiger partial charge is 0.335 e. The Bertz CT molecular complexity index is 908. The van der Waals surface area contributed by atoms with Gasteiger partial charge in [0.1, 0.15) is 11.5 Å². The lowest BCUT2D eigenvalue weighted by molar-refractivity contribution is 0.0696. The van der Waals surface area contributed by atoms with Crippen molar-refractivity contribution in [3.05, 3.63) is 52.2 Å². The lowest BCUT2D eigenvalue weighted by atomic mass is 10.1. The fourth-order valence-corrected chi connectivity index (χ4v) is 3.57. The minimum atomic E-state index is -1.01. The quantitative estimate of drug-likeness (QED) is 0.810. The Morgan fingerprint density at radius 3 is 2.50 bits per heavy atom. The number of carbonyl (C=O) groups is 2. The number of rotatable bonds is 4. The summed E-state index contributed by atoms with van der Waals surface area (Å²) < 4.78 is 5.55. The largest absolute Gasteiger partial charge is 0.478 e. The molecule has 1 fully saturated rings. The van der Waals surface area contributed by atoms with E-state index in [9.17, 15) is 9.59 Å². The second-order valence-electron chi connectivity index (χ2n) is 6.96. The molecule has 0 unspecified atom stereocenters. The number of benzene rings is 1. The van der Waals surface area contributed by atoms with E-state index in [1.807, 2.05) is 13.8 Å². The maximum absolute atomic E-state index is 12.7. The van der Waals surface area contributed by atoms with Crippen molar-refractivity contribution >= 4 is 35.0 Å². The minimum absolute atomic E-state index is 0.108. The van der Waals surface area contributed by atoms with Gasteiger partial charge in [0.15, 0.2) is 0 Å². The van der Waals surface area contributed by atoms with Crippen molar-refractivity contribution in [3.63, 3.8) is 0 Å². The van der Waals surface area contributed by atoms with E-state index in [2.05, 4.69) is 15.2 Å². The summed E-state index contributed by atoms with van der Waals surface area (Å²) in [6.45, 7) is 6.90. The Hall–Kier alpha value is -2.64. The third-order valence-electron chi connectivity index (χ3n) is 4.66. The van der Waals surface area contributed by atoms with Gasteiger partial charge in [-0.05, 0) is 56.7 Å². The SMILES string of the molecule is Cc1cc(NC(=O)c2cc(Cl)cc(N3[C@@H](C)COC[C@@H]3C)n2)ccc1C(=O)O. The number of ether oxygens (including phenoxy) is 1. The Labute approximate surface area is 168 Å². The summed E-state index contributed by atoms with van der Waals surface area (Å²) in [5.41, 5.74) is 1.43. The van der Waals surface area contributed by atoms with Crippen LogP contribution in [-0.2, 0) is 4.74 Å². The van der Waals surface area contributed by atoms with Gasteiger partial charge in [0.05, 0.1) is 30.9 Å². The molecule has 2 N–H and O–H groups in total. The van der Waals surface area contributed by atoms with Gasteiger partial charge in [0.2, 0.25) is 0 Å². The molecule has 0 spiro atoms. The van der Waals surface area contributed by atoms with Crippen molar-refractivity contribution in [3.8, 4) is 0 Å². The second kappa shape index (κ2) is 8.16. The van der Waals surface area contributed by atoms with E-state index in [4.69, 9.17) is 21.4 Å². The number of nitrogens with zero attached hydrogens (tertiary/aromatic N) is 2. The highest BCUT2D eigenvalue weighted by molar-refractivity contribution is 6.31. The van der Waals surface area contributed by atoms with Gasteiger partial charge in [-0.1, -0.05) is 11.6 Å². The summed E-state index contributed by atoms with van der Waals surface area (Å²) in [7, 11) is 0. The number of carboxylic acids is 1. The molecule has 1 aromatic heterocycles. The number of anilines is 2. The summed E-state index contributed by atoms with van der Waals surface area (Å²) in [5.74, 6) is -0.802. The lowest BCUT2D eigenvalue weighted by Gasteiger charge is -2.39. The van der Waals surface area contributed by atoms with Crippen LogP contribution in [0, 0.1) is 6.92 Å². The normalized spacial score (nSPS) is 19.4. The highest BCUT2D eigenvalue weighted by Gasteiger charge is 2.27. The number of aromatic carboxylic acids is 1. The van der Waals surface area contributed by atoms with Crippen LogP contribution >= 0.6 is 11.6 Å². The molecule has 1 saturated heterocycles. The monoisotopic (exact) mass is 403 g/mol. The van der Waals surface area contributed by atoms with E-state index in [0.29, 0.717) is 35.3 Å². The maximum atomic E-state index is 12.7. The number of pyridine rings is 1. The van der Waals surface area contributed by atoms with E-state index < -0.39 is 11.9 Å². The summed E-state index contributed by atoms with van der Waals surface area (Å²) >= 11 is 6.25. The van der Waals surface area contributed by atoms with Crippen LogP contribution in [-0.4, -0.2) is 47.3 Å². The number of hydrogen-bond donors (Lipinski definition) is 2. The molecule has 7 nitrogen and oxygen atoms in total. The van der Waals surface area contributed by atoms with Gasteiger partial charge in [-0.2, -0.15) is 0 Å². The first-order chi connectivity index (χ1) is 13.3. The fraction of sp³-hybridized carbons (Fsp3) is 0.350. The highest BCUT2D eigenvalue weighted by Crippen LogP contribution is 2.26. The maximum Gasteiger partial charge on any atom is 0.335 e. The van der Waals surface area contributed by atoms with Crippen LogP contribution in [0.2, 0.25) is 5.02 Å². The lowest BCUT2D eigenvalue weighted by Crippen LogP contribution is -2.50. The standard InChI is InChI=1S/C20H22ClN3O4/c1-11-6-15(4-5-16(11)20(26)27)22-19(25)17-7-14(21)8-18(23-17)24-12(2)9-28-10-13(24)3/h4-8,12-13H,9-10H2,1-3H3,(H,22,25)(H,26,27)/t12-,13-/m0/s1. The Kier molecular flexibility index (Phi) is 5.86. The van der Waals surface area contributed by atoms with Crippen LogP contribution < -0.4 is 10.2 Å². The van der Waals surface area contributed by atoms with E-state index in [1.54, 1.807) is 25.1 Å². The number of morpholine rings is 1. The number of carboxylic acid groups (broad SMARTS) is 1.